The fourth-order valence-corrected chi connectivity index (χ4v) is 3.28. The van der Waals surface area contributed by atoms with Crippen LogP contribution >= 0.6 is 0 Å². The molecular weight excluding hydrogens is 286 g/mol. The standard InChI is InChI=1S/C15H25N3O4/c19-14(17-5-8-21-9-6-17)10-13-15(20)18(4-3-16-13)11-12-2-1-7-22-12/h12-13,16H,1-11H2. The maximum Gasteiger partial charge on any atom is 0.240 e. The number of carbonyl (C=O) groups is 2. The van der Waals surface area contributed by atoms with Gasteiger partial charge in [0.05, 0.1) is 31.8 Å². The van der Waals surface area contributed by atoms with E-state index in [-0.39, 0.29) is 24.3 Å². The van der Waals surface area contributed by atoms with E-state index in [4.69, 9.17) is 9.47 Å². The molecular formula is C15H25N3O4. The Hall–Kier alpha value is -1.18. The number of piperazine rings is 1. The molecule has 2 atom stereocenters. The average Bonchev–Trinajstić information content (AvgIpc) is 3.05. The van der Waals surface area contributed by atoms with Gasteiger partial charge < -0.3 is 24.6 Å². The van der Waals surface area contributed by atoms with Crippen molar-refractivity contribution in [1.82, 2.24) is 15.1 Å². The first-order valence-corrected chi connectivity index (χ1v) is 8.23. The number of hydrogen-bond donors (Lipinski definition) is 1. The van der Waals surface area contributed by atoms with Crippen molar-refractivity contribution in [1.29, 1.82) is 0 Å². The summed E-state index contributed by atoms with van der Waals surface area (Å²) >= 11 is 0. The molecule has 7 heteroatoms. The van der Waals surface area contributed by atoms with Gasteiger partial charge in [-0.25, -0.2) is 0 Å². The van der Waals surface area contributed by atoms with Crippen LogP contribution in [0.1, 0.15) is 19.3 Å². The summed E-state index contributed by atoms with van der Waals surface area (Å²) in [4.78, 5) is 28.5. The van der Waals surface area contributed by atoms with Gasteiger partial charge in [0.2, 0.25) is 11.8 Å². The first-order valence-electron chi connectivity index (χ1n) is 8.23. The molecule has 2 amide bonds. The Morgan fingerprint density at radius 1 is 1.23 bits per heavy atom. The predicted octanol–water partition coefficient (Wildman–Crippen LogP) is -0.785. The molecule has 0 aromatic heterocycles. The average molecular weight is 311 g/mol. The van der Waals surface area contributed by atoms with Crippen LogP contribution in [0.15, 0.2) is 0 Å². The number of hydrogen-bond acceptors (Lipinski definition) is 5. The number of rotatable bonds is 4. The third-order valence-electron chi connectivity index (χ3n) is 4.57. The molecule has 0 spiro atoms. The highest BCUT2D eigenvalue weighted by Gasteiger charge is 2.33. The third-order valence-corrected chi connectivity index (χ3v) is 4.57. The van der Waals surface area contributed by atoms with Gasteiger partial charge in [0.25, 0.3) is 0 Å². The van der Waals surface area contributed by atoms with Crippen molar-refractivity contribution >= 4 is 11.8 Å². The van der Waals surface area contributed by atoms with E-state index < -0.39 is 6.04 Å². The summed E-state index contributed by atoms with van der Waals surface area (Å²) in [6, 6.07) is -0.398. The molecule has 3 fully saturated rings. The van der Waals surface area contributed by atoms with Crippen molar-refractivity contribution in [3.63, 3.8) is 0 Å². The molecule has 0 saturated carbocycles. The van der Waals surface area contributed by atoms with E-state index in [1.807, 2.05) is 4.90 Å². The van der Waals surface area contributed by atoms with Gasteiger partial charge in [0.15, 0.2) is 0 Å². The van der Waals surface area contributed by atoms with Crippen molar-refractivity contribution in [3.8, 4) is 0 Å². The second kappa shape index (κ2) is 7.39. The Bertz CT molecular complexity index is 406. The zero-order chi connectivity index (χ0) is 15.4. The molecule has 3 heterocycles. The first-order chi connectivity index (χ1) is 10.7. The quantitative estimate of drug-likeness (QED) is 0.737. The van der Waals surface area contributed by atoms with Gasteiger partial charge in [-0.2, -0.15) is 0 Å². The number of ether oxygens (including phenoxy) is 2. The van der Waals surface area contributed by atoms with E-state index in [2.05, 4.69) is 5.32 Å². The van der Waals surface area contributed by atoms with Crippen LogP contribution in [0.2, 0.25) is 0 Å². The lowest BCUT2D eigenvalue weighted by Crippen LogP contribution is -2.58. The first kappa shape index (κ1) is 15.7. The number of carbonyl (C=O) groups excluding carboxylic acids is 2. The van der Waals surface area contributed by atoms with Crippen LogP contribution in [0.4, 0.5) is 0 Å². The summed E-state index contributed by atoms with van der Waals surface area (Å²) in [5, 5.41) is 3.18. The van der Waals surface area contributed by atoms with Gasteiger partial charge in [0, 0.05) is 39.3 Å². The largest absolute Gasteiger partial charge is 0.378 e. The lowest BCUT2D eigenvalue weighted by molar-refractivity contribution is -0.143. The van der Waals surface area contributed by atoms with E-state index in [1.54, 1.807) is 4.90 Å². The molecule has 22 heavy (non-hydrogen) atoms. The predicted molar refractivity (Wildman–Crippen MR) is 79.4 cm³/mol. The van der Waals surface area contributed by atoms with Gasteiger partial charge in [-0.3, -0.25) is 9.59 Å². The van der Waals surface area contributed by atoms with Gasteiger partial charge in [-0.15, -0.1) is 0 Å². The SMILES string of the molecule is O=C(CC1NCCN(CC2CCCO2)C1=O)N1CCOCC1. The van der Waals surface area contributed by atoms with Gasteiger partial charge in [-0.05, 0) is 12.8 Å². The summed E-state index contributed by atoms with van der Waals surface area (Å²) in [6.45, 7) is 5.30. The Kier molecular flexibility index (Phi) is 5.28. The van der Waals surface area contributed by atoms with Crippen LogP contribution in [0.3, 0.4) is 0 Å². The molecule has 2 unspecified atom stereocenters. The van der Waals surface area contributed by atoms with E-state index >= 15 is 0 Å². The molecule has 3 rings (SSSR count). The highest BCUT2D eigenvalue weighted by atomic mass is 16.5. The van der Waals surface area contributed by atoms with Gasteiger partial charge in [0.1, 0.15) is 0 Å². The Morgan fingerprint density at radius 2 is 2.05 bits per heavy atom. The molecule has 0 aromatic rings. The summed E-state index contributed by atoms with van der Waals surface area (Å²) in [5.74, 6) is 0.0662. The van der Waals surface area contributed by atoms with Crippen LogP contribution < -0.4 is 5.32 Å². The van der Waals surface area contributed by atoms with Crippen molar-refractivity contribution in [3.05, 3.63) is 0 Å². The van der Waals surface area contributed by atoms with Crippen LogP contribution in [-0.2, 0) is 19.1 Å². The number of amides is 2. The van der Waals surface area contributed by atoms with Crippen molar-refractivity contribution in [2.24, 2.45) is 0 Å². The summed E-state index contributed by atoms with van der Waals surface area (Å²) in [5.41, 5.74) is 0. The highest BCUT2D eigenvalue weighted by Crippen LogP contribution is 2.16. The molecule has 3 saturated heterocycles. The zero-order valence-corrected chi connectivity index (χ0v) is 13.0. The second-order valence-electron chi connectivity index (χ2n) is 6.12. The third kappa shape index (κ3) is 3.77. The summed E-state index contributed by atoms with van der Waals surface area (Å²) in [6.07, 6.45) is 2.50. The summed E-state index contributed by atoms with van der Waals surface area (Å²) < 4.78 is 10.9. The molecule has 0 aliphatic carbocycles. The normalized spacial score (nSPS) is 29.9. The number of nitrogens with zero attached hydrogens (tertiary/aromatic N) is 2. The smallest absolute Gasteiger partial charge is 0.240 e. The van der Waals surface area contributed by atoms with Crippen LogP contribution in [-0.4, -0.2) is 86.3 Å². The van der Waals surface area contributed by atoms with Crippen molar-refractivity contribution in [2.45, 2.75) is 31.4 Å². The minimum atomic E-state index is -0.398. The van der Waals surface area contributed by atoms with Crippen LogP contribution in [0, 0.1) is 0 Å². The Morgan fingerprint density at radius 3 is 2.77 bits per heavy atom. The molecule has 0 aromatic carbocycles. The fourth-order valence-electron chi connectivity index (χ4n) is 3.28. The number of nitrogens with one attached hydrogen (secondary N) is 1. The molecule has 3 aliphatic rings. The minimum Gasteiger partial charge on any atom is -0.378 e. The molecule has 0 radical (unpaired) electrons. The number of morpholine rings is 1. The second-order valence-corrected chi connectivity index (χ2v) is 6.12. The molecule has 7 nitrogen and oxygen atoms in total. The maximum atomic E-state index is 12.5. The van der Waals surface area contributed by atoms with E-state index in [9.17, 15) is 9.59 Å². The van der Waals surface area contributed by atoms with Gasteiger partial charge in [-0.1, -0.05) is 0 Å². The summed E-state index contributed by atoms with van der Waals surface area (Å²) in [7, 11) is 0. The van der Waals surface area contributed by atoms with E-state index in [0.29, 0.717) is 39.4 Å². The lowest BCUT2D eigenvalue weighted by Gasteiger charge is -2.35. The van der Waals surface area contributed by atoms with Crippen molar-refractivity contribution < 1.29 is 19.1 Å². The molecule has 3 aliphatic heterocycles. The van der Waals surface area contributed by atoms with Crippen LogP contribution in [0.5, 0.6) is 0 Å². The lowest BCUT2D eigenvalue weighted by atomic mass is 10.1. The zero-order valence-electron chi connectivity index (χ0n) is 13.0. The van der Waals surface area contributed by atoms with Crippen LogP contribution in [0.25, 0.3) is 0 Å². The van der Waals surface area contributed by atoms with E-state index in [1.165, 1.54) is 0 Å². The Balaban J connectivity index is 1.51. The maximum absolute atomic E-state index is 12.5. The van der Waals surface area contributed by atoms with E-state index in [0.717, 1.165) is 26.0 Å². The Labute approximate surface area is 130 Å². The van der Waals surface area contributed by atoms with Gasteiger partial charge >= 0.3 is 0 Å². The topological polar surface area (TPSA) is 71.1 Å². The fraction of sp³-hybridized carbons (Fsp3) is 0.867. The van der Waals surface area contributed by atoms with Crippen molar-refractivity contribution in [2.75, 3.05) is 52.5 Å². The molecule has 0 bridgehead atoms. The highest BCUT2D eigenvalue weighted by molar-refractivity contribution is 5.89. The molecule has 1 N–H and O–H groups in total. The molecule has 124 valence electrons. The monoisotopic (exact) mass is 311 g/mol. The minimum absolute atomic E-state index is 0.0309.